The van der Waals surface area contributed by atoms with E-state index in [-0.39, 0.29) is 5.78 Å². The number of rotatable bonds is 3. The number of carbonyl (C=O) groups excluding carboxylic acids is 1. The third kappa shape index (κ3) is 3.95. The van der Waals surface area contributed by atoms with Crippen molar-refractivity contribution >= 4 is 29.0 Å². The summed E-state index contributed by atoms with van der Waals surface area (Å²) in [4.78, 5) is 16.9. The van der Waals surface area contributed by atoms with Crippen molar-refractivity contribution < 1.29 is 4.79 Å². The summed E-state index contributed by atoms with van der Waals surface area (Å²) >= 11 is 12.0. The summed E-state index contributed by atoms with van der Waals surface area (Å²) in [7, 11) is 2.12. The lowest BCUT2D eigenvalue weighted by Gasteiger charge is -2.27. The Morgan fingerprint density at radius 1 is 1.35 bits per heavy atom. The normalized spacial score (nSPS) is 21.7. The van der Waals surface area contributed by atoms with Crippen LogP contribution in [0.2, 0.25) is 10.0 Å². The Balaban J connectivity index is 2.06. The second-order valence-electron chi connectivity index (χ2n) is 5.48. The molecule has 0 amide bonds. The molecule has 0 saturated carbocycles. The number of Topliss-reactive ketones (excluding diaryl/α,β-unsaturated/α-hetero) is 1. The molecule has 0 radical (unpaired) electrons. The maximum Gasteiger partial charge on any atom is 0.178 e. The number of hydrogen-bond donors (Lipinski definition) is 0. The molecule has 2 rings (SSSR count). The summed E-state index contributed by atoms with van der Waals surface area (Å²) in [6, 6.07) is 5.41. The van der Waals surface area contributed by atoms with Gasteiger partial charge in [0.25, 0.3) is 0 Å². The first-order valence-corrected chi connectivity index (χ1v) is 7.64. The Hall–Kier alpha value is -0.610. The van der Waals surface area contributed by atoms with Crippen LogP contribution in [0.25, 0.3) is 0 Å². The zero-order chi connectivity index (χ0) is 14.7. The third-order valence-electron chi connectivity index (χ3n) is 3.76. The number of likely N-dealkylation sites (N-methyl/N-ethyl adjacent to an activating group) is 1. The fourth-order valence-electron chi connectivity index (χ4n) is 2.64. The van der Waals surface area contributed by atoms with E-state index < -0.39 is 0 Å². The van der Waals surface area contributed by atoms with E-state index in [9.17, 15) is 4.79 Å². The molecule has 1 aliphatic rings. The van der Waals surface area contributed by atoms with Gasteiger partial charge < -0.3 is 4.90 Å². The van der Waals surface area contributed by atoms with Crippen LogP contribution in [0.3, 0.4) is 0 Å². The fraction of sp³-hybridized carbons (Fsp3) is 0.533. The van der Waals surface area contributed by atoms with Crippen molar-refractivity contribution in [3.05, 3.63) is 33.8 Å². The lowest BCUT2D eigenvalue weighted by atomic mass is 10.1. The van der Waals surface area contributed by atoms with Gasteiger partial charge in [0.15, 0.2) is 5.78 Å². The second kappa shape index (κ2) is 6.90. The number of benzene rings is 1. The Morgan fingerprint density at radius 3 is 2.80 bits per heavy atom. The van der Waals surface area contributed by atoms with E-state index in [0.29, 0.717) is 28.2 Å². The van der Waals surface area contributed by atoms with E-state index in [1.54, 1.807) is 18.2 Å². The lowest BCUT2D eigenvalue weighted by Crippen LogP contribution is -2.40. The van der Waals surface area contributed by atoms with Crippen molar-refractivity contribution in [3.8, 4) is 0 Å². The average molecular weight is 315 g/mol. The SMILES string of the molecule is CC1CN(C)CCCN1CC(=O)c1ccc(Cl)cc1Cl. The van der Waals surface area contributed by atoms with Crippen LogP contribution in [-0.4, -0.2) is 54.9 Å². The van der Waals surface area contributed by atoms with Gasteiger partial charge in [-0.3, -0.25) is 9.69 Å². The quantitative estimate of drug-likeness (QED) is 0.800. The largest absolute Gasteiger partial charge is 0.305 e. The molecule has 20 heavy (non-hydrogen) atoms. The molecule has 1 aromatic rings. The van der Waals surface area contributed by atoms with Crippen molar-refractivity contribution in [1.82, 2.24) is 9.80 Å². The molecule has 1 atom stereocenters. The highest BCUT2D eigenvalue weighted by Crippen LogP contribution is 2.22. The first-order chi connectivity index (χ1) is 9.47. The van der Waals surface area contributed by atoms with E-state index in [2.05, 4.69) is 23.8 Å². The molecule has 3 nitrogen and oxygen atoms in total. The summed E-state index contributed by atoms with van der Waals surface area (Å²) in [5.41, 5.74) is 0.556. The van der Waals surface area contributed by atoms with Crippen LogP contribution in [-0.2, 0) is 0 Å². The van der Waals surface area contributed by atoms with Crippen LogP contribution >= 0.6 is 23.2 Å². The van der Waals surface area contributed by atoms with Gasteiger partial charge in [-0.2, -0.15) is 0 Å². The Bertz CT molecular complexity index is 493. The van der Waals surface area contributed by atoms with Crippen molar-refractivity contribution in [1.29, 1.82) is 0 Å². The predicted octanol–water partition coefficient (Wildman–Crippen LogP) is 3.20. The van der Waals surface area contributed by atoms with Gasteiger partial charge in [-0.15, -0.1) is 0 Å². The van der Waals surface area contributed by atoms with Gasteiger partial charge in [0.05, 0.1) is 11.6 Å². The number of halogens is 2. The van der Waals surface area contributed by atoms with Gasteiger partial charge in [0.2, 0.25) is 0 Å². The summed E-state index contributed by atoms with van der Waals surface area (Å²) in [6.07, 6.45) is 1.09. The molecule has 1 fully saturated rings. The maximum absolute atomic E-state index is 12.4. The van der Waals surface area contributed by atoms with E-state index in [1.807, 2.05) is 0 Å². The topological polar surface area (TPSA) is 23.6 Å². The van der Waals surface area contributed by atoms with Crippen LogP contribution < -0.4 is 0 Å². The maximum atomic E-state index is 12.4. The first kappa shape index (κ1) is 15.8. The highest BCUT2D eigenvalue weighted by atomic mass is 35.5. The van der Waals surface area contributed by atoms with E-state index in [4.69, 9.17) is 23.2 Å². The average Bonchev–Trinajstić information content (AvgIpc) is 2.51. The van der Waals surface area contributed by atoms with Gasteiger partial charge >= 0.3 is 0 Å². The summed E-state index contributed by atoms with van der Waals surface area (Å²) in [5, 5.41) is 0.985. The van der Waals surface area contributed by atoms with Crippen LogP contribution in [0.15, 0.2) is 18.2 Å². The second-order valence-corrected chi connectivity index (χ2v) is 6.33. The van der Waals surface area contributed by atoms with Gasteiger partial charge in [-0.25, -0.2) is 0 Å². The third-order valence-corrected chi connectivity index (χ3v) is 4.31. The summed E-state index contributed by atoms with van der Waals surface area (Å²) in [5.74, 6) is 0.0584. The van der Waals surface area contributed by atoms with Gasteiger partial charge in [0, 0.05) is 29.7 Å². The van der Waals surface area contributed by atoms with E-state index in [0.717, 1.165) is 26.1 Å². The van der Waals surface area contributed by atoms with Gasteiger partial charge in [0.1, 0.15) is 0 Å². The van der Waals surface area contributed by atoms with E-state index in [1.165, 1.54) is 0 Å². The molecule has 1 heterocycles. The molecular formula is C15H20Cl2N2O. The smallest absolute Gasteiger partial charge is 0.178 e. The summed E-state index contributed by atoms with van der Waals surface area (Å²) in [6.45, 7) is 5.59. The van der Waals surface area contributed by atoms with Gasteiger partial charge in [-0.05, 0) is 45.1 Å². The Labute approximate surface area is 130 Å². The standard InChI is InChI=1S/C15H20Cl2N2O/c1-11-9-18(2)6-3-7-19(11)10-15(20)13-5-4-12(16)8-14(13)17/h4-5,8,11H,3,6-7,9-10H2,1-2H3. The van der Waals surface area contributed by atoms with Gasteiger partial charge in [-0.1, -0.05) is 23.2 Å². The van der Waals surface area contributed by atoms with Crippen LogP contribution in [0.5, 0.6) is 0 Å². The minimum Gasteiger partial charge on any atom is -0.305 e. The molecule has 0 aliphatic carbocycles. The zero-order valence-corrected chi connectivity index (χ0v) is 13.4. The Kier molecular flexibility index (Phi) is 5.44. The van der Waals surface area contributed by atoms with E-state index >= 15 is 0 Å². The molecule has 0 bridgehead atoms. The van der Waals surface area contributed by atoms with Crippen molar-refractivity contribution in [2.45, 2.75) is 19.4 Å². The lowest BCUT2D eigenvalue weighted by molar-refractivity contribution is 0.0900. The molecule has 0 N–H and O–H groups in total. The molecule has 1 unspecified atom stereocenters. The Morgan fingerprint density at radius 2 is 2.10 bits per heavy atom. The minimum absolute atomic E-state index is 0.0584. The molecule has 0 spiro atoms. The molecule has 5 heteroatoms. The minimum atomic E-state index is 0.0584. The number of carbonyl (C=O) groups is 1. The zero-order valence-electron chi connectivity index (χ0n) is 11.9. The number of hydrogen-bond acceptors (Lipinski definition) is 3. The predicted molar refractivity (Wildman–Crippen MR) is 83.9 cm³/mol. The number of nitrogens with zero attached hydrogens (tertiary/aromatic N) is 2. The van der Waals surface area contributed by atoms with Crippen LogP contribution in [0, 0.1) is 0 Å². The first-order valence-electron chi connectivity index (χ1n) is 6.88. The monoisotopic (exact) mass is 314 g/mol. The number of ketones is 1. The molecular weight excluding hydrogens is 295 g/mol. The van der Waals surface area contributed by atoms with Crippen LogP contribution in [0.4, 0.5) is 0 Å². The van der Waals surface area contributed by atoms with Crippen LogP contribution in [0.1, 0.15) is 23.7 Å². The highest BCUT2D eigenvalue weighted by Gasteiger charge is 2.22. The fourth-order valence-corrected chi connectivity index (χ4v) is 3.16. The molecule has 1 aliphatic heterocycles. The molecule has 0 aromatic heterocycles. The molecule has 1 saturated heterocycles. The highest BCUT2D eigenvalue weighted by molar-refractivity contribution is 6.36. The molecule has 1 aromatic carbocycles. The van der Waals surface area contributed by atoms with Crippen molar-refractivity contribution in [2.75, 3.05) is 33.2 Å². The van der Waals surface area contributed by atoms with Crippen molar-refractivity contribution in [2.24, 2.45) is 0 Å². The molecule has 110 valence electrons. The summed E-state index contributed by atoms with van der Waals surface area (Å²) < 4.78 is 0. The van der Waals surface area contributed by atoms with Crippen molar-refractivity contribution in [3.63, 3.8) is 0 Å².